The largest absolute Gasteiger partial charge is 0.381 e. The van der Waals surface area contributed by atoms with Gasteiger partial charge in [0.05, 0.1) is 0 Å². The summed E-state index contributed by atoms with van der Waals surface area (Å²) in [4.78, 5) is 0. The van der Waals surface area contributed by atoms with E-state index in [4.69, 9.17) is 10.5 Å². The number of hydrogen-bond acceptors (Lipinski definition) is 2. The van der Waals surface area contributed by atoms with Gasteiger partial charge in [-0.15, -0.1) is 0 Å². The Morgan fingerprint density at radius 1 is 1.45 bits per heavy atom. The van der Waals surface area contributed by atoms with Gasteiger partial charge in [0.15, 0.2) is 0 Å². The highest BCUT2D eigenvalue weighted by molar-refractivity contribution is 4.79. The molecule has 2 nitrogen and oxygen atoms in total. The molecule has 0 bridgehead atoms. The lowest BCUT2D eigenvalue weighted by Gasteiger charge is -2.34. The monoisotopic (exact) mass is 157 g/mol. The number of hydrogen-bond donors (Lipinski definition) is 1. The van der Waals surface area contributed by atoms with Gasteiger partial charge in [-0.25, -0.2) is 0 Å². The molecule has 1 atom stereocenters. The minimum absolute atomic E-state index is 0.332. The Kier molecular flexibility index (Phi) is 2.90. The van der Waals surface area contributed by atoms with Gasteiger partial charge in [0, 0.05) is 19.3 Å². The summed E-state index contributed by atoms with van der Waals surface area (Å²) in [6.07, 6.45) is 3.49. The average Bonchev–Trinajstić information content (AvgIpc) is 1.85. The number of ether oxygens (including phenoxy) is 1. The first-order chi connectivity index (χ1) is 5.12. The molecule has 1 rings (SSSR count). The highest BCUT2D eigenvalue weighted by Crippen LogP contribution is 2.33. The van der Waals surface area contributed by atoms with Crippen LogP contribution in [0, 0.1) is 5.41 Å². The highest BCUT2D eigenvalue weighted by atomic mass is 16.5. The summed E-state index contributed by atoms with van der Waals surface area (Å²) < 4.78 is 5.31. The van der Waals surface area contributed by atoms with Crippen molar-refractivity contribution in [1.82, 2.24) is 0 Å². The number of rotatable bonds is 2. The summed E-state index contributed by atoms with van der Waals surface area (Å²) in [5.74, 6) is 0. The van der Waals surface area contributed by atoms with Gasteiger partial charge in [0.2, 0.25) is 0 Å². The van der Waals surface area contributed by atoms with Gasteiger partial charge >= 0.3 is 0 Å². The van der Waals surface area contributed by atoms with Gasteiger partial charge in [-0.1, -0.05) is 6.92 Å². The molecule has 1 saturated heterocycles. The lowest BCUT2D eigenvalue weighted by atomic mass is 9.77. The van der Waals surface area contributed by atoms with Crippen LogP contribution in [0.2, 0.25) is 0 Å². The maximum Gasteiger partial charge on any atom is 0.0471 e. The molecular formula is C9H19NO. The molecule has 2 N–H and O–H groups in total. The quantitative estimate of drug-likeness (QED) is 0.660. The van der Waals surface area contributed by atoms with Gasteiger partial charge in [-0.05, 0) is 31.6 Å². The van der Waals surface area contributed by atoms with E-state index in [0.717, 1.165) is 19.6 Å². The lowest BCUT2D eigenvalue weighted by Crippen LogP contribution is -2.32. The van der Waals surface area contributed by atoms with Crippen molar-refractivity contribution in [3.8, 4) is 0 Å². The van der Waals surface area contributed by atoms with Gasteiger partial charge < -0.3 is 10.5 Å². The van der Waals surface area contributed by atoms with Crippen LogP contribution in [-0.4, -0.2) is 19.3 Å². The van der Waals surface area contributed by atoms with E-state index in [2.05, 4.69) is 13.8 Å². The molecule has 2 heteroatoms. The summed E-state index contributed by atoms with van der Waals surface area (Å²) >= 11 is 0. The van der Waals surface area contributed by atoms with E-state index in [-0.39, 0.29) is 0 Å². The molecular weight excluding hydrogens is 138 g/mol. The zero-order chi connectivity index (χ0) is 8.32. The predicted molar refractivity (Wildman–Crippen MR) is 46.4 cm³/mol. The molecule has 0 aromatic heterocycles. The second-order valence-electron chi connectivity index (χ2n) is 4.10. The molecule has 1 heterocycles. The molecule has 1 fully saturated rings. The van der Waals surface area contributed by atoms with Crippen LogP contribution in [0.4, 0.5) is 0 Å². The van der Waals surface area contributed by atoms with Crippen molar-refractivity contribution >= 4 is 0 Å². The maximum absolute atomic E-state index is 5.77. The molecule has 1 aliphatic heterocycles. The third-order valence-electron chi connectivity index (χ3n) is 2.51. The van der Waals surface area contributed by atoms with Crippen LogP contribution in [0.3, 0.4) is 0 Å². The van der Waals surface area contributed by atoms with E-state index in [1.165, 1.54) is 12.8 Å². The van der Waals surface area contributed by atoms with Crippen LogP contribution in [0.5, 0.6) is 0 Å². The molecule has 11 heavy (non-hydrogen) atoms. The van der Waals surface area contributed by atoms with Crippen molar-refractivity contribution < 1.29 is 4.74 Å². The Morgan fingerprint density at radius 2 is 2.00 bits per heavy atom. The van der Waals surface area contributed by atoms with Crippen molar-refractivity contribution in [2.24, 2.45) is 11.1 Å². The zero-order valence-corrected chi connectivity index (χ0v) is 7.60. The van der Waals surface area contributed by atoms with E-state index < -0.39 is 0 Å². The fourth-order valence-corrected chi connectivity index (χ4v) is 1.85. The SMILES string of the molecule is C[C@H](N)CC1(C)CCOCC1. The van der Waals surface area contributed by atoms with Crippen molar-refractivity contribution in [3.63, 3.8) is 0 Å². The van der Waals surface area contributed by atoms with Crippen molar-refractivity contribution in [3.05, 3.63) is 0 Å². The minimum atomic E-state index is 0.332. The molecule has 1 aliphatic rings. The van der Waals surface area contributed by atoms with Crippen molar-refractivity contribution in [2.45, 2.75) is 39.2 Å². The Labute approximate surface area is 69.1 Å². The molecule has 66 valence electrons. The number of nitrogens with two attached hydrogens (primary N) is 1. The van der Waals surface area contributed by atoms with Gasteiger partial charge in [0.25, 0.3) is 0 Å². The second kappa shape index (κ2) is 3.55. The Bertz CT molecular complexity index is 117. The smallest absolute Gasteiger partial charge is 0.0471 e. The van der Waals surface area contributed by atoms with E-state index in [9.17, 15) is 0 Å². The summed E-state index contributed by atoms with van der Waals surface area (Å²) in [6.45, 7) is 6.24. The Morgan fingerprint density at radius 3 is 2.45 bits per heavy atom. The summed E-state index contributed by atoms with van der Waals surface area (Å²) in [7, 11) is 0. The van der Waals surface area contributed by atoms with E-state index in [1.54, 1.807) is 0 Å². The highest BCUT2D eigenvalue weighted by Gasteiger charge is 2.27. The molecule has 0 aromatic carbocycles. The van der Waals surface area contributed by atoms with Crippen LogP contribution in [0.15, 0.2) is 0 Å². The summed E-state index contributed by atoms with van der Waals surface area (Å²) in [5, 5.41) is 0. The third kappa shape index (κ3) is 2.80. The summed E-state index contributed by atoms with van der Waals surface area (Å²) in [6, 6.07) is 0.332. The van der Waals surface area contributed by atoms with Crippen molar-refractivity contribution in [1.29, 1.82) is 0 Å². The summed E-state index contributed by atoms with van der Waals surface area (Å²) in [5.41, 5.74) is 6.22. The first-order valence-corrected chi connectivity index (χ1v) is 4.46. The standard InChI is InChI=1S/C9H19NO/c1-8(10)7-9(2)3-5-11-6-4-9/h8H,3-7,10H2,1-2H3/t8-/m0/s1. The van der Waals surface area contributed by atoms with E-state index in [1.807, 2.05) is 0 Å². The van der Waals surface area contributed by atoms with Gasteiger partial charge in [-0.2, -0.15) is 0 Å². The molecule has 0 unspecified atom stereocenters. The van der Waals surface area contributed by atoms with E-state index in [0.29, 0.717) is 11.5 Å². The third-order valence-corrected chi connectivity index (χ3v) is 2.51. The normalized spacial score (nSPS) is 26.5. The molecule has 0 radical (unpaired) electrons. The fourth-order valence-electron chi connectivity index (χ4n) is 1.85. The van der Waals surface area contributed by atoms with Crippen LogP contribution in [0.1, 0.15) is 33.1 Å². The van der Waals surface area contributed by atoms with Gasteiger partial charge in [-0.3, -0.25) is 0 Å². The van der Waals surface area contributed by atoms with Crippen LogP contribution in [-0.2, 0) is 4.74 Å². The Hall–Kier alpha value is -0.0800. The maximum atomic E-state index is 5.77. The lowest BCUT2D eigenvalue weighted by molar-refractivity contribution is 0.0174. The molecule has 0 amide bonds. The van der Waals surface area contributed by atoms with Crippen LogP contribution < -0.4 is 5.73 Å². The molecule has 0 aromatic rings. The van der Waals surface area contributed by atoms with Gasteiger partial charge in [0.1, 0.15) is 0 Å². The predicted octanol–water partition coefficient (Wildman–Crippen LogP) is 1.54. The molecule has 0 saturated carbocycles. The average molecular weight is 157 g/mol. The zero-order valence-electron chi connectivity index (χ0n) is 7.60. The van der Waals surface area contributed by atoms with Crippen LogP contribution in [0.25, 0.3) is 0 Å². The minimum Gasteiger partial charge on any atom is -0.381 e. The topological polar surface area (TPSA) is 35.2 Å². The second-order valence-corrected chi connectivity index (χ2v) is 4.10. The van der Waals surface area contributed by atoms with E-state index >= 15 is 0 Å². The van der Waals surface area contributed by atoms with Crippen LogP contribution >= 0.6 is 0 Å². The first kappa shape index (κ1) is 9.01. The molecule has 0 spiro atoms. The molecule has 0 aliphatic carbocycles. The Balaban J connectivity index is 2.37. The first-order valence-electron chi connectivity index (χ1n) is 4.46. The fraction of sp³-hybridized carbons (Fsp3) is 1.00. The van der Waals surface area contributed by atoms with Crippen molar-refractivity contribution in [2.75, 3.05) is 13.2 Å².